The van der Waals surface area contributed by atoms with E-state index in [4.69, 9.17) is 15.6 Å². The second-order valence-electron chi connectivity index (χ2n) is 6.89. The van der Waals surface area contributed by atoms with Crippen LogP contribution >= 0.6 is 0 Å². The van der Waals surface area contributed by atoms with E-state index in [1.54, 1.807) is 15.5 Å². The smallest absolute Gasteiger partial charge is 0.240 e. The summed E-state index contributed by atoms with van der Waals surface area (Å²) in [6.07, 6.45) is 1.65. The standard InChI is InChI=1S/C22H20N8O/c23-11-12-29-15-24-19(27-29)14-31-22-18(16-7-3-1-4-8-16)13-20-25-26-21(30(20)28-22)17-9-5-2-6-10-17/h1-10,13,15H,11-12,14,23H2. The summed E-state index contributed by atoms with van der Waals surface area (Å²) in [5.41, 5.74) is 8.93. The molecule has 0 saturated heterocycles. The molecule has 5 aromatic rings. The Kier molecular flexibility index (Phi) is 5.07. The Balaban J connectivity index is 1.55. The molecule has 9 heteroatoms. The van der Waals surface area contributed by atoms with Crippen molar-refractivity contribution in [2.24, 2.45) is 5.73 Å². The Morgan fingerprint density at radius 3 is 2.35 bits per heavy atom. The van der Waals surface area contributed by atoms with Crippen molar-refractivity contribution in [2.75, 3.05) is 6.54 Å². The third-order valence-electron chi connectivity index (χ3n) is 4.76. The second kappa shape index (κ2) is 8.33. The Bertz CT molecular complexity index is 1300. The monoisotopic (exact) mass is 412 g/mol. The first-order chi connectivity index (χ1) is 15.3. The van der Waals surface area contributed by atoms with Gasteiger partial charge in [0.05, 0.1) is 6.54 Å². The van der Waals surface area contributed by atoms with E-state index in [0.29, 0.717) is 36.3 Å². The third kappa shape index (κ3) is 3.86. The highest BCUT2D eigenvalue weighted by Gasteiger charge is 2.16. The number of nitrogens with zero attached hydrogens (tertiary/aromatic N) is 7. The second-order valence-corrected chi connectivity index (χ2v) is 6.89. The molecular weight excluding hydrogens is 392 g/mol. The molecule has 0 fully saturated rings. The fourth-order valence-electron chi connectivity index (χ4n) is 3.29. The minimum absolute atomic E-state index is 0.179. The molecule has 0 aliphatic heterocycles. The fraction of sp³-hybridized carbons (Fsp3) is 0.136. The lowest BCUT2D eigenvalue weighted by atomic mass is 10.1. The van der Waals surface area contributed by atoms with E-state index in [1.165, 1.54) is 0 Å². The van der Waals surface area contributed by atoms with Gasteiger partial charge in [-0.1, -0.05) is 60.7 Å². The van der Waals surface area contributed by atoms with Crippen LogP contribution in [0.15, 0.2) is 73.1 Å². The highest BCUT2D eigenvalue weighted by Crippen LogP contribution is 2.30. The summed E-state index contributed by atoms with van der Waals surface area (Å²) in [5, 5.41) is 17.8. The Hall–Kier alpha value is -4.11. The summed E-state index contributed by atoms with van der Waals surface area (Å²) in [7, 11) is 0. The van der Waals surface area contributed by atoms with Crippen molar-refractivity contribution in [3.8, 4) is 28.4 Å². The molecule has 0 spiro atoms. The normalized spacial score (nSPS) is 11.1. The van der Waals surface area contributed by atoms with Gasteiger partial charge < -0.3 is 10.5 Å². The number of rotatable bonds is 7. The number of ether oxygens (including phenoxy) is 1. The van der Waals surface area contributed by atoms with Gasteiger partial charge in [-0.3, -0.25) is 4.68 Å². The molecule has 0 aliphatic carbocycles. The number of hydrogen-bond acceptors (Lipinski definition) is 7. The maximum Gasteiger partial charge on any atom is 0.240 e. The number of hydrogen-bond donors (Lipinski definition) is 1. The molecular formula is C22H20N8O. The molecule has 0 bridgehead atoms. The van der Waals surface area contributed by atoms with Crippen LogP contribution in [0.1, 0.15) is 5.82 Å². The summed E-state index contributed by atoms with van der Waals surface area (Å²) in [6.45, 7) is 1.28. The average Bonchev–Trinajstić information content (AvgIpc) is 3.45. The first-order valence-electron chi connectivity index (χ1n) is 9.90. The molecule has 2 aromatic carbocycles. The van der Waals surface area contributed by atoms with Crippen LogP contribution in [0.5, 0.6) is 5.88 Å². The number of fused-ring (bicyclic) bond motifs is 1. The molecule has 3 heterocycles. The van der Waals surface area contributed by atoms with Crippen LogP contribution in [0.3, 0.4) is 0 Å². The molecule has 9 nitrogen and oxygen atoms in total. The highest BCUT2D eigenvalue weighted by atomic mass is 16.5. The van der Waals surface area contributed by atoms with Crippen LogP contribution in [0.2, 0.25) is 0 Å². The molecule has 0 saturated carbocycles. The lowest BCUT2D eigenvalue weighted by Gasteiger charge is -2.10. The van der Waals surface area contributed by atoms with Gasteiger partial charge in [0.1, 0.15) is 6.33 Å². The summed E-state index contributed by atoms with van der Waals surface area (Å²) >= 11 is 0. The largest absolute Gasteiger partial charge is 0.468 e. The van der Waals surface area contributed by atoms with Gasteiger partial charge in [0.25, 0.3) is 0 Å². The lowest BCUT2D eigenvalue weighted by Crippen LogP contribution is -2.11. The predicted octanol–water partition coefficient (Wildman–Crippen LogP) is 2.59. The summed E-state index contributed by atoms with van der Waals surface area (Å²) in [4.78, 5) is 4.28. The lowest BCUT2D eigenvalue weighted by molar-refractivity contribution is 0.280. The van der Waals surface area contributed by atoms with Crippen molar-refractivity contribution in [3.05, 3.63) is 78.9 Å². The van der Waals surface area contributed by atoms with E-state index in [0.717, 1.165) is 16.7 Å². The first kappa shape index (κ1) is 18.9. The molecule has 5 rings (SSSR count). The van der Waals surface area contributed by atoms with E-state index in [1.807, 2.05) is 66.7 Å². The van der Waals surface area contributed by atoms with Crippen molar-refractivity contribution in [1.29, 1.82) is 0 Å². The summed E-state index contributed by atoms with van der Waals surface area (Å²) in [6, 6.07) is 21.6. The summed E-state index contributed by atoms with van der Waals surface area (Å²) in [5.74, 6) is 1.65. The molecule has 0 unspecified atom stereocenters. The maximum atomic E-state index is 6.08. The van der Waals surface area contributed by atoms with Crippen LogP contribution < -0.4 is 10.5 Å². The Morgan fingerprint density at radius 1 is 0.871 bits per heavy atom. The number of nitrogens with two attached hydrogens (primary N) is 1. The zero-order chi connectivity index (χ0) is 21.0. The molecule has 31 heavy (non-hydrogen) atoms. The molecule has 0 aliphatic rings. The van der Waals surface area contributed by atoms with Gasteiger partial charge in [0, 0.05) is 17.7 Å². The van der Waals surface area contributed by atoms with Crippen LogP contribution in [-0.4, -0.2) is 41.1 Å². The van der Waals surface area contributed by atoms with Gasteiger partial charge in [0.15, 0.2) is 23.9 Å². The number of aromatic nitrogens is 7. The molecule has 0 amide bonds. The fourth-order valence-corrected chi connectivity index (χ4v) is 3.29. The minimum atomic E-state index is 0.179. The van der Waals surface area contributed by atoms with Crippen molar-refractivity contribution < 1.29 is 4.74 Å². The van der Waals surface area contributed by atoms with Gasteiger partial charge >= 0.3 is 0 Å². The van der Waals surface area contributed by atoms with Gasteiger partial charge in [-0.05, 0) is 11.6 Å². The molecule has 2 N–H and O–H groups in total. The quantitative estimate of drug-likeness (QED) is 0.437. The molecule has 154 valence electrons. The van der Waals surface area contributed by atoms with Crippen molar-refractivity contribution in [2.45, 2.75) is 13.2 Å². The van der Waals surface area contributed by atoms with Crippen molar-refractivity contribution in [1.82, 2.24) is 34.6 Å². The van der Waals surface area contributed by atoms with E-state index in [2.05, 4.69) is 20.3 Å². The van der Waals surface area contributed by atoms with Crippen LogP contribution in [-0.2, 0) is 13.2 Å². The average molecular weight is 412 g/mol. The SMILES string of the molecule is NCCn1cnc(COc2nn3c(-c4ccccc4)nnc3cc2-c2ccccc2)n1. The first-order valence-corrected chi connectivity index (χ1v) is 9.90. The van der Waals surface area contributed by atoms with Crippen molar-refractivity contribution in [3.63, 3.8) is 0 Å². The van der Waals surface area contributed by atoms with E-state index in [9.17, 15) is 0 Å². The minimum Gasteiger partial charge on any atom is -0.468 e. The van der Waals surface area contributed by atoms with Gasteiger partial charge in [-0.25, -0.2) is 4.98 Å². The van der Waals surface area contributed by atoms with Crippen molar-refractivity contribution >= 4 is 5.65 Å². The van der Waals surface area contributed by atoms with Crippen LogP contribution in [0.4, 0.5) is 0 Å². The Morgan fingerprint density at radius 2 is 1.61 bits per heavy atom. The molecule has 0 atom stereocenters. The molecule has 0 radical (unpaired) electrons. The third-order valence-corrected chi connectivity index (χ3v) is 4.76. The van der Waals surface area contributed by atoms with Crippen LogP contribution in [0, 0.1) is 0 Å². The molecule has 3 aromatic heterocycles. The van der Waals surface area contributed by atoms with E-state index >= 15 is 0 Å². The summed E-state index contributed by atoms with van der Waals surface area (Å²) < 4.78 is 9.47. The highest BCUT2D eigenvalue weighted by molar-refractivity contribution is 5.72. The Labute approximate surface area is 178 Å². The zero-order valence-corrected chi connectivity index (χ0v) is 16.7. The van der Waals surface area contributed by atoms with Crippen LogP contribution in [0.25, 0.3) is 28.2 Å². The maximum absolute atomic E-state index is 6.08. The van der Waals surface area contributed by atoms with E-state index in [-0.39, 0.29) is 6.61 Å². The van der Waals surface area contributed by atoms with Gasteiger partial charge in [-0.2, -0.15) is 9.61 Å². The topological polar surface area (TPSA) is 109 Å². The number of benzene rings is 2. The van der Waals surface area contributed by atoms with Gasteiger partial charge in [0.2, 0.25) is 5.88 Å². The van der Waals surface area contributed by atoms with Gasteiger partial charge in [-0.15, -0.1) is 15.3 Å². The predicted molar refractivity (Wildman–Crippen MR) is 115 cm³/mol. The van der Waals surface area contributed by atoms with E-state index < -0.39 is 0 Å². The zero-order valence-electron chi connectivity index (χ0n) is 16.7.